The number of carbonyl (C=O) groups is 5. The molecule has 126 heavy (non-hydrogen) atoms. The zero-order chi connectivity index (χ0) is 91.2. The van der Waals surface area contributed by atoms with Gasteiger partial charge in [-0.2, -0.15) is 0 Å². The number of Topliss-reactive ketones (excluding diaryl/α,β-unsaturated/α-hetero) is 5. The number of nitro benzene ring substituents is 1. The number of fused-ring (bicyclic) bond motifs is 2. The highest BCUT2D eigenvalue weighted by atomic mass is 35.5. The minimum Gasteiger partial charge on any atom is -0.504 e. The second-order valence-electron chi connectivity index (χ2n) is 27.2. The van der Waals surface area contributed by atoms with Crippen LogP contribution in [-0.2, 0) is 33.0 Å². The van der Waals surface area contributed by atoms with E-state index in [0.29, 0.717) is 122 Å². The van der Waals surface area contributed by atoms with Crippen LogP contribution >= 0.6 is 11.6 Å². The second-order valence-corrected chi connectivity index (χ2v) is 27.6. The molecule has 2 heterocycles. The van der Waals surface area contributed by atoms with Crippen LogP contribution in [0.4, 0.5) is 11.4 Å². The fourth-order valence-electron chi connectivity index (χ4n) is 11.6. The molecule has 26 nitrogen and oxygen atoms in total. The summed E-state index contributed by atoms with van der Waals surface area (Å²) in [6.45, 7) is 9.13. The Hall–Kier alpha value is -15.7. The Kier molecular flexibility index (Phi) is 37.0. The number of phenols is 3. The predicted octanol–water partition coefficient (Wildman–Crippen LogP) is 20.4. The number of nitrogen functional groups attached to an aromatic ring is 1. The number of methoxy groups -OCH3 is 6. The smallest absolute Gasteiger partial charge is 0.284 e. The molecule has 0 bridgehead atoms. The Labute approximate surface area is 732 Å². The Morgan fingerprint density at radius 2 is 0.730 bits per heavy atom. The van der Waals surface area contributed by atoms with Crippen molar-refractivity contribution in [1.82, 2.24) is 9.97 Å². The lowest BCUT2D eigenvalue weighted by Crippen LogP contribution is -2.04. The van der Waals surface area contributed by atoms with Crippen LogP contribution in [0, 0.1) is 10.1 Å². The number of pyridine rings is 2. The third-order valence-corrected chi connectivity index (χ3v) is 18.6. The number of nitrogens with one attached hydrogen (secondary N) is 1. The fraction of sp³-hybridized carbons (Fsp3) is 0.162. The van der Waals surface area contributed by atoms with Crippen LogP contribution in [-0.4, -0.2) is 102 Å². The molecule has 27 heteroatoms. The van der Waals surface area contributed by atoms with E-state index < -0.39 is 10.7 Å². The summed E-state index contributed by atoms with van der Waals surface area (Å²) in [5, 5.41) is 40.2. The quantitative estimate of drug-likeness (QED) is 0.0105. The van der Waals surface area contributed by atoms with Gasteiger partial charge < -0.3 is 78.1 Å². The normalized spacial score (nSPS) is 10.1. The molecule has 0 aliphatic carbocycles. The van der Waals surface area contributed by atoms with Crippen molar-refractivity contribution in [3.8, 4) is 80.5 Å². The second kappa shape index (κ2) is 48.7. The van der Waals surface area contributed by atoms with Gasteiger partial charge in [0.25, 0.3) is 5.69 Å². The standard InChI is InChI=1S/C17H14ClNO2.C17H15NO3.C16H15NO5.C16H17NO3.C16H16O3.C9H10O3.C8H8O3/c1-20-16-10-15-13(14(18)7-8-19-15)9-17(16)21-11-12-5-3-2-4-6-12;1-20-16-10-14-13(15(19)7-8-18-14)9-17(16)21-11-12-5-3-2-4-6-12;1-11(18)13-8-16(15(21-2)9-14(13)17(19)20)22-10-12-6-4-3-5-7-12;1-11(18)13-8-16(15(19-2)9-14(13)17)20-10-12-6-4-3-5-7-12;1-12(17)14-8-9-15(18-2)16(10-14)19-11-13-6-4-3-5-7-13;1-6(10)7-3-4-9(12-2)8(11)5-7;1-5(9)6-2-3-7(10)8(11)4-6/h2-10H,11H2,1H3;2-10H,11H2,1H3,(H,18,19);3-9H,10H2,1-2H3;3-9H,10,17H2,1-2H3;3-10H,11H2,1-2H3;3-5,11H,1-2H3;2-4,10-11H,1H3. The van der Waals surface area contributed by atoms with Crippen LogP contribution in [0.1, 0.15) is 114 Å². The molecule has 14 rings (SSSR count). The van der Waals surface area contributed by atoms with Gasteiger partial charge in [0, 0.05) is 81.4 Å². The summed E-state index contributed by atoms with van der Waals surface area (Å²) < 4.78 is 59.9. The number of nitrogens with zero attached hydrogens (tertiary/aromatic N) is 2. The molecule has 0 radical (unpaired) electrons. The van der Waals surface area contributed by atoms with Crippen LogP contribution in [0.25, 0.3) is 21.8 Å². The number of aromatic amines is 1. The molecule has 0 saturated carbocycles. The first-order valence-electron chi connectivity index (χ1n) is 38.8. The van der Waals surface area contributed by atoms with Crippen LogP contribution < -0.4 is 63.3 Å². The van der Waals surface area contributed by atoms with E-state index in [2.05, 4.69) is 9.97 Å². The summed E-state index contributed by atoms with van der Waals surface area (Å²) in [6.07, 6.45) is 3.29. The summed E-state index contributed by atoms with van der Waals surface area (Å²) in [4.78, 5) is 85.7. The van der Waals surface area contributed by atoms with Crippen LogP contribution in [0.2, 0.25) is 5.02 Å². The van der Waals surface area contributed by atoms with Gasteiger partial charge in [0.2, 0.25) is 0 Å². The number of phenolic OH excluding ortho intramolecular Hbond substituents is 3. The molecule has 0 aliphatic rings. The highest BCUT2D eigenvalue weighted by Crippen LogP contribution is 2.39. The number of benzene rings is 12. The zero-order valence-electron chi connectivity index (χ0n) is 71.0. The molecular weight excluding hydrogens is 1630 g/mol. The Morgan fingerprint density at radius 1 is 0.373 bits per heavy atom. The number of ether oxygens (including phenoxy) is 11. The summed E-state index contributed by atoms with van der Waals surface area (Å²) in [6, 6.07) is 78.9. The number of rotatable bonds is 27. The molecule has 12 aromatic carbocycles. The van der Waals surface area contributed by atoms with E-state index in [9.17, 15) is 44.0 Å². The van der Waals surface area contributed by atoms with Crippen LogP contribution in [0.3, 0.4) is 0 Å². The van der Waals surface area contributed by atoms with Gasteiger partial charge in [-0.1, -0.05) is 163 Å². The monoisotopic (exact) mass is 1730 g/mol. The number of H-pyrrole nitrogens is 1. The fourth-order valence-corrected chi connectivity index (χ4v) is 11.8. The highest BCUT2D eigenvalue weighted by Gasteiger charge is 2.23. The summed E-state index contributed by atoms with van der Waals surface area (Å²) in [5.74, 6) is 4.38. The molecule has 0 saturated heterocycles. The van der Waals surface area contributed by atoms with Crippen molar-refractivity contribution >= 4 is 73.7 Å². The molecule has 0 amide bonds. The average Bonchev–Trinajstić information content (AvgIpc) is 0.801. The van der Waals surface area contributed by atoms with E-state index in [1.807, 2.05) is 164 Å². The molecule has 0 fully saturated rings. The van der Waals surface area contributed by atoms with Crippen molar-refractivity contribution in [2.45, 2.75) is 67.7 Å². The van der Waals surface area contributed by atoms with Gasteiger partial charge in [0.15, 0.2) is 115 Å². The topological polar surface area (TPSA) is 362 Å². The maximum atomic E-state index is 11.9. The van der Waals surface area contributed by atoms with Gasteiger partial charge in [-0.25, -0.2) is 0 Å². The van der Waals surface area contributed by atoms with Gasteiger partial charge in [-0.15, -0.1) is 0 Å². The number of halogens is 1. The van der Waals surface area contributed by atoms with E-state index in [-0.39, 0.29) is 69.4 Å². The third-order valence-electron chi connectivity index (χ3n) is 18.3. The number of aromatic hydroxyl groups is 3. The summed E-state index contributed by atoms with van der Waals surface area (Å²) in [5.41, 5.74) is 14.5. The predicted molar refractivity (Wildman–Crippen MR) is 483 cm³/mol. The maximum Gasteiger partial charge on any atom is 0.284 e. The van der Waals surface area contributed by atoms with E-state index in [0.717, 1.165) is 44.2 Å². The molecule has 0 aliphatic heterocycles. The number of anilines is 1. The van der Waals surface area contributed by atoms with E-state index in [1.54, 1.807) is 94.4 Å². The average molecular weight is 1730 g/mol. The first kappa shape index (κ1) is 95.8. The zero-order valence-corrected chi connectivity index (χ0v) is 71.8. The van der Waals surface area contributed by atoms with Crippen molar-refractivity contribution in [2.75, 3.05) is 48.4 Å². The summed E-state index contributed by atoms with van der Waals surface area (Å²) >= 11 is 6.21. The molecule has 14 aromatic rings. The van der Waals surface area contributed by atoms with E-state index in [4.69, 9.17) is 79.7 Å². The number of carbonyl (C=O) groups excluding carboxylic acids is 5. The first-order chi connectivity index (χ1) is 60.6. The molecule has 2 aromatic heterocycles. The van der Waals surface area contributed by atoms with Gasteiger partial charge in [0.05, 0.1) is 75.3 Å². The minimum atomic E-state index is -0.611. The number of nitro groups is 1. The van der Waals surface area contributed by atoms with E-state index >= 15 is 0 Å². The van der Waals surface area contributed by atoms with Crippen LogP contribution in [0.15, 0.2) is 284 Å². The number of hydrogen-bond acceptors (Lipinski definition) is 24. The van der Waals surface area contributed by atoms with Crippen molar-refractivity contribution in [3.63, 3.8) is 0 Å². The van der Waals surface area contributed by atoms with Gasteiger partial charge in [-0.05, 0) is 141 Å². The molecular formula is C99H95ClN4O22. The van der Waals surface area contributed by atoms with Crippen molar-refractivity contribution in [1.29, 1.82) is 0 Å². The third kappa shape index (κ3) is 28.7. The highest BCUT2D eigenvalue weighted by molar-refractivity contribution is 6.35. The Balaban J connectivity index is 0.000000184. The number of aromatic nitrogens is 2. The maximum absolute atomic E-state index is 11.9. The number of ketones is 5. The van der Waals surface area contributed by atoms with Crippen molar-refractivity contribution in [2.24, 2.45) is 0 Å². The minimum absolute atomic E-state index is 0.00568. The molecule has 0 unspecified atom stereocenters. The van der Waals surface area contributed by atoms with Gasteiger partial charge in [-0.3, -0.25) is 43.9 Å². The first-order valence-corrected chi connectivity index (χ1v) is 39.1. The SMILES string of the molecule is CC(=O)c1ccc(O)c(O)c1.COc1cc(N)c(C(C)=O)cc1OCc1ccccc1.COc1cc([N+](=O)[O-])c(C(C)=O)cc1OCc1ccccc1.COc1cc2[nH]ccc(=O)c2cc1OCc1ccccc1.COc1cc2nccc(Cl)c2cc1OCc1ccccc1.COc1ccc(C(C)=O)cc1O.COc1ccc(C(C)=O)cc1OCc1ccccc1. The lowest BCUT2D eigenvalue weighted by molar-refractivity contribution is -0.385. The lowest BCUT2D eigenvalue weighted by atomic mass is 10.1. The van der Waals surface area contributed by atoms with E-state index in [1.165, 1.54) is 98.4 Å². The Morgan fingerprint density at radius 3 is 1.13 bits per heavy atom. The Bertz CT molecular complexity index is 6060. The summed E-state index contributed by atoms with van der Waals surface area (Å²) in [7, 11) is 9.17. The van der Waals surface area contributed by atoms with Crippen LogP contribution in [0.5, 0.6) is 80.5 Å². The molecule has 0 spiro atoms. The molecule has 6 N–H and O–H groups in total. The number of hydrogen-bond donors (Lipinski definition) is 5. The largest absolute Gasteiger partial charge is 0.504 e. The van der Waals surface area contributed by atoms with Crippen molar-refractivity contribution in [3.05, 3.63) is 360 Å². The lowest BCUT2D eigenvalue weighted by Gasteiger charge is -2.13. The molecule has 0 atom stereocenters. The number of nitrogens with two attached hydrogens (primary N) is 1. The molecule has 650 valence electrons. The van der Waals surface area contributed by atoms with Gasteiger partial charge >= 0.3 is 0 Å². The van der Waals surface area contributed by atoms with Gasteiger partial charge in [0.1, 0.15) is 33.0 Å². The van der Waals surface area contributed by atoms with Crippen molar-refractivity contribution < 1.29 is 96.3 Å².